The van der Waals surface area contributed by atoms with E-state index in [1.807, 2.05) is 0 Å². The minimum atomic E-state index is -1.35. The van der Waals surface area contributed by atoms with Crippen LogP contribution in [0.1, 0.15) is 10.4 Å². The predicted molar refractivity (Wildman–Crippen MR) is 77.5 cm³/mol. The van der Waals surface area contributed by atoms with Gasteiger partial charge in [-0.15, -0.1) is 0 Å². The van der Waals surface area contributed by atoms with E-state index in [1.54, 1.807) is 18.2 Å². The van der Waals surface area contributed by atoms with Crippen molar-refractivity contribution in [3.63, 3.8) is 0 Å². The number of carbonyl (C=O) groups is 1. The Balaban J connectivity index is 2.55. The van der Waals surface area contributed by atoms with Crippen LogP contribution in [0.2, 0.25) is 10.0 Å². The van der Waals surface area contributed by atoms with Crippen molar-refractivity contribution in [2.24, 2.45) is 0 Å². The molecule has 2 aromatic carbocycles. The van der Waals surface area contributed by atoms with Crippen LogP contribution in [0.3, 0.4) is 0 Å². The number of benzene rings is 2. The molecule has 0 fully saturated rings. The third-order valence-corrected chi connectivity index (χ3v) is 3.26. The zero-order valence-electron chi connectivity index (χ0n) is 9.95. The number of anilines is 3. The van der Waals surface area contributed by atoms with Crippen molar-refractivity contribution in [1.82, 2.24) is 0 Å². The van der Waals surface area contributed by atoms with E-state index < -0.39 is 17.5 Å². The van der Waals surface area contributed by atoms with Crippen LogP contribution in [0, 0.1) is 5.82 Å². The highest BCUT2D eigenvalue weighted by Crippen LogP contribution is 2.35. The van der Waals surface area contributed by atoms with Crippen molar-refractivity contribution in [2.75, 3.05) is 11.1 Å². The summed E-state index contributed by atoms with van der Waals surface area (Å²) in [6.45, 7) is 0. The number of hydrogen-bond donors (Lipinski definition) is 3. The minimum Gasteiger partial charge on any atom is -0.478 e. The summed E-state index contributed by atoms with van der Waals surface area (Å²) in [7, 11) is 0. The minimum absolute atomic E-state index is 0.103. The second kappa shape index (κ2) is 5.56. The molecule has 0 amide bonds. The highest BCUT2D eigenvalue weighted by molar-refractivity contribution is 6.39. The van der Waals surface area contributed by atoms with E-state index in [9.17, 15) is 9.18 Å². The molecule has 0 heterocycles. The van der Waals surface area contributed by atoms with Gasteiger partial charge in [-0.3, -0.25) is 0 Å². The van der Waals surface area contributed by atoms with Crippen LogP contribution >= 0.6 is 23.2 Å². The van der Waals surface area contributed by atoms with E-state index in [0.717, 1.165) is 6.07 Å². The normalized spacial score (nSPS) is 10.3. The Morgan fingerprint density at radius 3 is 2.35 bits per heavy atom. The molecule has 0 bridgehead atoms. The Kier molecular flexibility index (Phi) is 4.01. The van der Waals surface area contributed by atoms with Crippen molar-refractivity contribution in [3.05, 3.63) is 51.8 Å². The second-order valence-corrected chi connectivity index (χ2v) is 4.72. The van der Waals surface area contributed by atoms with Crippen LogP contribution in [0.5, 0.6) is 0 Å². The van der Waals surface area contributed by atoms with Gasteiger partial charge in [-0.25, -0.2) is 9.18 Å². The number of rotatable bonds is 3. The molecule has 0 aliphatic heterocycles. The molecule has 0 unspecified atom stereocenters. The zero-order chi connectivity index (χ0) is 14.9. The van der Waals surface area contributed by atoms with Gasteiger partial charge in [0.05, 0.1) is 27.1 Å². The number of aromatic carboxylic acids is 1. The molecule has 0 spiro atoms. The number of nitrogen functional groups attached to an aromatic ring is 1. The summed E-state index contributed by atoms with van der Waals surface area (Å²) < 4.78 is 13.3. The second-order valence-electron chi connectivity index (χ2n) is 3.91. The first-order valence-electron chi connectivity index (χ1n) is 5.44. The molecule has 0 saturated heterocycles. The number of carboxylic acid groups (broad SMARTS) is 1. The van der Waals surface area contributed by atoms with E-state index in [1.165, 1.54) is 6.07 Å². The Morgan fingerprint density at radius 2 is 1.80 bits per heavy atom. The quantitative estimate of drug-likeness (QED) is 0.744. The van der Waals surface area contributed by atoms with E-state index >= 15 is 0 Å². The summed E-state index contributed by atoms with van der Waals surface area (Å²) in [5.41, 5.74) is 5.05. The maximum absolute atomic E-state index is 13.3. The maximum atomic E-state index is 13.3. The van der Waals surface area contributed by atoms with Gasteiger partial charge in [-0.05, 0) is 24.3 Å². The summed E-state index contributed by atoms with van der Waals surface area (Å²) in [5.74, 6) is -2.16. The van der Waals surface area contributed by atoms with Gasteiger partial charge in [-0.1, -0.05) is 29.3 Å². The van der Waals surface area contributed by atoms with Gasteiger partial charge in [0.2, 0.25) is 0 Å². The SMILES string of the molecule is Nc1c(F)ccc(Nc2c(Cl)cccc2Cl)c1C(=O)O. The molecule has 2 aromatic rings. The Labute approximate surface area is 123 Å². The standard InChI is InChI=1S/C13H9Cl2FN2O2/c14-6-2-1-3-7(15)12(6)18-9-5-4-8(16)11(17)10(9)13(19)20/h1-5,18H,17H2,(H,19,20). The van der Waals surface area contributed by atoms with Crippen LogP contribution < -0.4 is 11.1 Å². The molecular formula is C13H9Cl2FN2O2. The molecule has 0 aliphatic carbocycles. The fourth-order valence-corrected chi connectivity index (χ4v) is 2.17. The van der Waals surface area contributed by atoms with Crippen LogP contribution in [0.15, 0.2) is 30.3 Å². The van der Waals surface area contributed by atoms with Crippen molar-refractivity contribution in [1.29, 1.82) is 0 Å². The molecule has 104 valence electrons. The molecule has 2 rings (SSSR count). The average Bonchev–Trinajstić information content (AvgIpc) is 2.37. The first-order chi connectivity index (χ1) is 9.41. The summed E-state index contributed by atoms with van der Waals surface area (Å²) in [6.07, 6.45) is 0. The molecule has 7 heteroatoms. The van der Waals surface area contributed by atoms with Crippen LogP contribution in [0.25, 0.3) is 0 Å². The summed E-state index contributed by atoms with van der Waals surface area (Å²) in [5, 5.41) is 12.5. The Hall–Kier alpha value is -1.98. The molecule has 0 aromatic heterocycles. The smallest absolute Gasteiger partial charge is 0.340 e. The zero-order valence-corrected chi connectivity index (χ0v) is 11.5. The van der Waals surface area contributed by atoms with Gasteiger partial charge in [0, 0.05) is 0 Å². The van der Waals surface area contributed by atoms with Gasteiger partial charge in [0.15, 0.2) is 0 Å². The van der Waals surface area contributed by atoms with E-state index in [2.05, 4.69) is 5.32 Å². The average molecular weight is 315 g/mol. The van der Waals surface area contributed by atoms with Gasteiger partial charge >= 0.3 is 5.97 Å². The number of nitrogens with one attached hydrogen (secondary N) is 1. The van der Waals surface area contributed by atoms with Gasteiger partial charge in [0.25, 0.3) is 0 Å². The van der Waals surface area contributed by atoms with Gasteiger partial charge in [-0.2, -0.15) is 0 Å². The third-order valence-electron chi connectivity index (χ3n) is 2.63. The number of halogens is 3. The molecular weight excluding hydrogens is 306 g/mol. The lowest BCUT2D eigenvalue weighted by atomic mass is 10.1. The van der Waals surface area contributed by atoms with Gasteiger partial charge < -0.3 is 16.2 Å². The fraction of sp³-hybridized carbons (Fsp3) is 0. The largest absolute Gasteiger partial charge is 0.478 e. The first kappa shape index (κ1) is 14.4. The number of nitrogens with two attached hydrogens (primary N) is 1. The lowest BCUT2D eigenvalue weighted by Crippen LogP contribution is -2.09. The highest BCUT2D eigenvalue weighted by Gasteiger charge is 2.18. The maximum Gasteiger partial charge on any atom is 0.340 e. The van der Waals surface area contributed by atoms with Crippen molar-refractivity contribution in [2.45, 2.75) is 0 Å². The first-order valence-corrected chi connectivity index (χ1v) is 6.19. The molecule has 4 nitrogen and oxygen atoms in total. The van der Waals surface area contributed by atoms with Crippen LogP contribution in [-0.2, 0) is 0 Å². The highest BCUT2D eigenvalue weighted by atomic mass is 35.5. The molecule has 0 atom stereocenters. The topological polar surface area (TPSA) is 75.3 Å². The van der Waals surface area contributed by atoms with E-state index in [-0.39, 0.29) is 11.3 Å². The van der Waals surface area contributed by atoms with E-state index in [0.29, 0.717) is 15.7 Å². The molecule has 20 heavy (non-hydrogen) atoms. The lowest BCUT2D eigenvalue weighted by molar-refractivity contribution is 0.0698. The van der Waals surface area contributed by atoms with E-state index in [4.69, 9.17) is 34.0 Å². The summed E-state index contributed by atoms with van der Waals surface area (Å²) >= 11 is 12.0. The molecule has 0 saturated carbocycles. The molecule has 0 aliphatic rings. The monoisotopic (exact) mass is 314 g/mol. The molecule has 0 radical (unpaired) electrons. The number of hydrogen-bond acceptors (Lipinski definition) is 3. The van der Waals surface area contributed by atoms with Crippen molar-refractivity contribution in [3.8, 4) is 0 Å². The third kappa shape index (κ3) is 2.64. The van der Waals surface area contributed by atoms with Gasteiger partial charge in [0.1, 0.15) is 11.4 Å². The lowest BCUT2D eigenvalue weighted by Gasteiger charge is -2.14. The van der Waals surface area contributed by atoms with Crippen LogP contribution in [0.4, 0.5) is 21.5 Å². The van der Waals surface area contributed by atoms with Crippen LogP contribution in [-0.4, -0.2) is 11.1 Å². The Morgan fingerprint density at radius 1 is 1.20 bits per heavy atom. The van der Waals surface area contributed by atoms with Crippen molar-refractivity contribution < 1.29 is 14.3 Å². The Bertz CT molecular complexity index is 672. The van der Waals surface area contributed by atoms with Crippen molar-refractivity contribution >= 4 is 46.2 Å². The summed E-state index contributed by atoms with van der Waals surface area (Å²) in [4.78, 5) is 11.2. The fourth-order valence-electron chi connectivity index (χ4n) is 1.68. The number of carboxylic acids is 1. The predicted octanol–water partition coefficient (Wildman–Crippen LogP) is 4.16. The number of para-hydroxylation sites is 1. The molecule has 4 N–H and O–H groups in total. The summed E-state index contributed by atoms with van der Waals surface area (Å²) in [6, 6.07) is 7.14.